The van der Waals surface area contributed by atoms with Crippen molar-refractivity contribution in [2.45, 2.75) is 38.5 Å². The summed E-state index contributed by atoms with van der Waals surface area (Å²) in [5.41, 5.74) is 5.37. The fourth-order valence-electron chi connectivity index (χ4n) is 1.12. The van der Waals surface area contributed by atoms with Crippen LogP contribution in [-0.4, -0.2) is 19.6 Å². The van der Waals surface area contributed by atoms with Gasteiger partial charge < -0.3 is 11.1 Å². The molecule has 0 rings (SSSR count). The van der Waals surface area contributed by atoms with Crippen molar-refractivity contribution in [1.82, 2.24) is 5.32 Å². The van der Waals surface area contributed by atoms with Gasteiger partial charge in [-0.15, -0.1) is 0 Å². The van der Waals surface area contributed by atoms with E-state index >= 15 is 0 Å². The molecule has 0 aromatic rings. The smallest absolute Gasteiger partial charge is 0.00484 e. The zero-order chi connectivity index (χ0) is 9.07. The summed E-state index contributed by atoms with van der Waals surface area (Å²) >= 11 is 0. The van der Waals surface area contributed by atoms with Crippen LogP contribution < -0.4 is 11.1 Å². The van der Waals surface area contributed by atoms with Crippen LogP contribution in [0.25, 0.3) is 0 Å². The van der Waals surface area contributed by atoms with Crippen molar-refractivity contribution >= 4 is 0 Å². The Morgan fingerprint density at radius 3 is 2.17 bits per heavy atom. The first-order valence-corrected chi connectivity index (χ1v) is 5.12. The molecule has 0 aromatic carbocycles. The molecule has 0 saturated heterocycles. The Balaban J connectivity index is 2.73. The minimum absolute atomic E-state index is 0.823. The zero-order valence-electron chi connectivity index (χ0n) is 8.15. The van der Waals surface area contributed by atoms with Gasteiger partial charge in [0.2, 0.25) is 0 Å². The van der Waals surface area contributed by atoms with Gasteiger partial charge in [0.05, 0.1) is 0 Å². The summed E-state index contributed by atoms with van der Waals surface area (Å²) in [6.45, 7) is 6.92. The molecule has 0 unspecified atom stereocenters. The van der Waals surface area contributed by atoms with Gasteiger partial charge in [-0.1, -0.05) is 26.2 Å². The molecule has 0 aromatic heterocycles. The number of nitrogens with one attached hydrogen (secondary N) is 1. The van der Waals surface area contributed by atoms with E-state index in [0.29, 0.717) is 0 Å². The van der Waals surface area contributed by atoms with Gasteiger partial charge in [-0.05, 0) is 38.9 Å². The van der Waals surface area contributed by atoms with Crippen molar-refractivity contribution in [3.8, 4) is 0 Å². The van der Waals surface area contributed by atoms with Gasteiger partial charge in [-0.3, -0.25) is 0 Å². The molecule has 0 heterocycles. The van der Waals surface area contributed by atoms with Crippen LogP contribution >= 0.6 is 0 Å². The van der Waals surface area contributed by atoms with Crippen LogP contribution in [0.4, 0.5) is 0 Å². The van der Waals surface area contributed by atoms with Gasteiger partial charge in [0.1, 0.15) is 0 Å². The lowest BCUT2D eigenvalue weighted by atomic mass is 10.2. The molecular formula is C10H23N2. The van der Waals surface area contributed by atoms with Crippen LogP contribution in [0.2, 0.25) is 0 Å². The number of nitrogens with two attached hydrogens (primary N) is 1. The second kappa shape index (κ2) is 10.9. The highest BCUT2D eigenvalue weighted by atomic mass is 14.8. The normalized spacial score (nSPS) is 10.5. The maximum absolute atomic E-state index is 5.37. The summed E-state index contributed by atoms with van der Waals surface area (Å²) in [4.78, 5) is 0. The quantitative estimate of drug-likeness (QED) is 0.518. The molecule has 0 atom stereocenters. The molecule has 0 aliphatic carbocycles. The van der Waals surface area contributed by atoms with E-state index in [1.54, 1.807) is 0 Å². The minimum Gasteiger partial charge on any atom is -0.330 e. The van der Waals surface area contributed by atoms with Gasteiger partial charge >= 0.3 is 0 Å². The van der Waals surface area contributed by atoms with Gasteiger partial charge in [0, 0.05) is 0 Å². The molecule has 3 N–H and O–H groups in total. The molecule has 0 amide bonds. The lowest BCUT2D eigenvalue weighted by Gasteiger charge is -2.02. The highest BCUT2D eigenvalue weighted by molar-refractivity contribution is 4.50. The van der Waals surface area contributed by atoms with E-state index < -0.39 is 0 Å². The fraction of sp³-hybridized carbons (Fsp3) is 0.900. The maximum atomic E-state index is 5.37. The predicted molar refractivity (Wildman–Crippen MR) is 55.0 cm³/mol. The summed E-state index contributed by atoms with van der Waals surface area (Å²) in [7, 11) is 0. The fourth-order valence-corrected chi connectivity index (χ4v) is 1.12. The standard InChI is InChI=1S/C10H23N2/c1-2-3-4-6-9-12-10-7-5-8-11/h12H,1-11H2. The van der Waals surface area contributed by atoms with Gasteiger partial charge in [0.15, 0.2) is 0 Å². The average Bonchev–Trinajstić information content (AvgIpc) is 2.10. The summed E-state index contributed by atoms with van der Waals surface area (Å²) in [6.07, 6.45) is 7.31. The third kappa shape index (κ3) is 9.92. The van der Waals surface area contributed by atoms with Gasteiger partial charge in [0.25, 0.3) is 0 Å². The summed E-state index contributed by atoms with van der Waals surface area (Å²) in [5, 5.41) is 3.40. The molecule has 1 radical (unpaired) electrons. The molecule has 0 fully saturated rings. The van der Waals surface area contributed by atoms with Crippen LogP contribution in [0.1, 0.15) is 38.5 Å². The molecule has 0 bridgehead atoms. The van der Waals surface area contributed by atoms with Crippen molar-refractivity contribution in [2.75, 3.05) is 19.6 Å². The lowest BCUT2D eigenvalue weighted by Crippen LogP contribution is -2.17. The molecule has 2 nitrogen and oxygen atoms in total. The third-order valence-corrected chi connectivity index (χ3v) is 1.91. The third-order valence-electron chi connectivity index (χ3n) is 1.91. The molecular weight excluding hydrogens is 148 g/mol. The summed E-state index contributed by atoms with van der Waals surface area (Å²) < 4.78 is 0. The Kier molecular flexibility index (Phi) is 10.8. The van der Waals surface area contributed by atoms with Crippen molar-refractivity contribution < 1.29 is 0 Å². The Hall–Kier alpha value is -0.0800. The van der Waals surface area contributed by atoms with Crippen LogP contribution in [0.15, 0.2) is 0 Å². The molecule has 0 aliphatic rings. The number of rotatable bonds is 9. The van der Waals surface area contributed by atoms with Crippen molar-refractivity contribution in [3.63, 3.8) is 0 Å². The largest absolute Gasteiger partial charge is 0.330 e. The van der Waals surface area contributed by atoms with Crippen LogP contribution in [0, 0.1) is 6.92 Å². The molecule has 12 heavy (non-hydrogen) atoms. The Bertz CT molecular complexity index is 64.2. The van der Waals surface area contributed by atoms with Crippen LogP contribution in [0.5, 0.6) is 0 Å². The first-order chi connectivity index (χ1) is 5.91. The molecule has 0 saturated carbocycles. The van der Waals surface area contributed by atoms with E-state index in [9.17, 15) is 0 Å². The van der Waals surface area contributed by atoms with Crippen LogP contribution in [0.3, 0.4) is 0 Å². The molecule has 0 aliphatic heterocycles. The zero-order valence-corrected chi connectivity index (χ0v) is 8.15. The maximum Gasteiger partial charge on any atom is -0.00484 e. The molecule has 0 spiro atoms. The van der Waals surface area contributed by atoms with E-state index in [1.165, 1.54) is 25.7 Å². The van der Waals surface area contributed by atoms with E-state index in [0.717, 1.165) is 32.5 Å². The monoisotopic (exact) mass is 171 g/mol. The van der Waals surface area contributed by atoms with Crippen molar-refractivity contribution in [1.29, 1.82) is 0 Å². The van der Waals surface area contributed by atoms with Gasteiger partial charge in [-0.2, -0.15) is 0 Å². The minimum atomic E-state index is 0.823. The average molecular weight is 171 g/mol. The first kappa shape index (κ1) is 11.9. The lowest BCUT2D eigenvalue weighted by molar-refractivity contribution is 0.582. The summed E-state index contributed by atoms with van der Waals surface area (Å²) in [6, 6.07) is 0. The first-order valence-electron chi connectivity index (χ1n) is 5.12. The summed E-state index contributed by atoms with van der Waals surface area (Å²) in [5.74, 6) is 0. The van der Waals surface area contributed by atoms with Gasteiger partial charge in [-0.25, -0.2) is 0 Å². The topological polar surface area (TPSA) is 38.0 Å². The highest BCUT2D eigenvalue weighted by Crippen LogP contribution is 1.96. The Morgan fingerprint density at radius 2 is 1.58 bits per heavy atom. The van der Waals surface area contributed by atoms with E-state index in [1.807, 2.05) is 0 Å². The second-order valence-corrected chi connectivity index (χ2v) is 3.16. The van der Waals surface area contributed by atoms with Crippen molar-refractivity contribution in [3.05, 3.63) is 6.92 Å². The van der Waals surface area contributed by atoms with E-state index in [-0.39, 0.29) is 0 Å². The second-order valence-electron chi connectivity index (χ2n) is 3.16. The predicted octanol–water partition coefficient (Wildman–Crippen LogP) is 1.71. The van der Waals surface area contributed by atoms with E-state index in [2.05, 4.69) is 12.2 Å². The highest BCUT2D eigenvalue weighted by Gasteiger charge is 1.88. The Morgan fingerprint density at radius 1 is 0.917 bits per heavy atom. The Labute approximate surface area is 76.9 Å². The number of hydrogen-bond acceptors (Lipinski definition) is 2. The van der Waals surface area contributed by atoms with Crippen LogP contribution in [-0.2, 0) is 0 Å². The number of hydrogen-bond donors (Lipinski definition) is 2. The molecule has 2 heteroatoms. The van der Waals surface area contributed by atoms with E-state index in [4.69, 9.17) is 5.73 Å². The SMILES string of the molecule is [CH2]CCCCCNCCCCN. The number of unbranched alkanes of at least 4 members (excludes halogenated alkanes) is 4. The van der Waals surface area contributed by atoms with Crippen molar-refractivity contribution in [2.24, 2.45) is 5.73 Å². The molecule has 73 valence electrons.